The fourth-order valence-electron chi connectivity index (χ4n) is 3.94. The Morgan fingerprint density at radius 1 is 0.968 bits per heavy atom. The quantitative estimate of drug-likeness (QED) is 0.438. The second-order valence-corrected chi connectivity index (χ2v) is 7.95. The van der Waals surface area contributed by atoms with E-state index in [9.17, 15) is 5.11 Å². The molecule has 4 heterocycles. The van der Waals surface area contributed by atoms with E-state index in [1.54, 1.807) is 24.5 Å². The van der Waals surface area contributed by atoms with Crippen molar-refractivity contribution < 1.29 is 5.11 Å². The molecule has 5 rings (SSSR count). The normalized spacial score (nSPS) is 18.2. The van der Waals surface area contributed by atoms with E-state index in [0.29, 0.717) is 15.8 Å². The average Bonchev–Trinajstić information content (AvgIpc) is 3.40. The number of para-hydroxylation sites is 2. The summed E-state index contributed by atoms with van der Waals surface area (Å²) < 4.78 is 2.00. The molecule has 2 N–H and O–H groups in total. The Bertz CT molecular complexity index is 1230. The Morgan fingerprint density at radius 2 is 1.81 bits per heavy atom. The monoisotopic (exact) mass is 447 g/mol. The molecule has 154 valence electrons. The molecule has 0 amide bonds. The minimum atomic E-state index is -0.275. The lowest BCUT2D eigenvalue weighted by Crippen LogP contribution is -2.30. The van der Waals surface area contributed by atoms with Crippen LogP contribution in [0.1, 0.15) is 23.5 Å². The Kier molecular flexibility index (Phi) is 5.05. The molecule has 31 heavy (non-hydrogen) atoms. The van der Waals surface area contributed by atoms with Crippen LogP contribution in [-0.2, 0) is 0 Å². The summed E-state index contributed by atoms with van der Waals surface area (Å²) in [4.78, 5) is 11.0. The van der Waals surface area contributed by atoms with Gasteiger partial charge in [-0.1, -0.05) is 29.8 Å². The molecule has 0 unspecified atom stereocenters. The summed E-state index contributed by atoms with van der Waals surface area (Å²) in [6.45, 7) is 0. The molecule has 0 saturated carbocycles. The molecule has 1 aromatic carbocycles. The molecule has 0 bridgehead atoms. The van der Waals surface area contributed by atoms with Gasteiger partial charge in [0.25, 0.3) is 0 Å². The Morgan fingerprint density at radius 3 is 2.55 bits per heavy atom. The van der Waals surface area contributed by atoms with Crippen molar-refractivity contribution >= 4 is 34.6 Å². The average molecular weight is 448 g/mol. The summed E-state index contributed by atoms with van der Waals surface area (Å²) in [5.41, 5.74) is 2.42. The van der Waals surface area contributed by atoms with Gasteiger partial charge in [0.2, 0.25) is 0 Å². The first-order chi connectivity index (χ1) is 15.1. The molecule has 0 spiro atoms. The first-order valence-electron chi connectivity index (χ1n) is 9.71. The van der Waals surface area contributed by atoms with E-state index < -0.39 is 0 Å². The van der Waals surface area contributed by atoms with E-state index in [4.69, 9.17) is 23.8 Å². The van der Waals surface area contributed by atoms with Gasteiger partial charge >= 0.3 is 0 Å². The van der Waals surface area contributed by atoms with Gasteiger partial charge < -0.3 is 19.9 Å². The molecular formula is C23H18ClN5OS. The number of anilines is 1. The summed E-state index contributed by atoms with van der Waals surface area (Å²) in [6, 6.07) is 20.1. The second kappa shape index (κ2) is 8.02. The number of hydrogen-bond donors (Lipinski definition) is 2. The standard InChI is InChI=1S/C23H18ClN5OS/c24-15-10-11-20(26-14-15)28-13-5-8-18(28)22-21(16-6-3-4-12-25-16)27-23(31)29(22)17-7-1-2-9-19(17)30/h1-14,21-22,30H,(H,27,31)/t21-,22-/m0/s1. The molecule has 4 aromatic rings. The van der Waals surface area contributed by atoms with Crippen LogP contribution in [0.3, 0.4) is 0 Å². The van der Waals surface area contributed by atoms with Crippen LogP contribution in [0.2, 0.25) is 5.02 Å². The number of pyridine rings is 2. The molecule has 3 aromatic heterocycles. The van der Waals surface area contributed by atoms with Crippen molar-refractivity contribution in [2.75, 3.05) is 4.90 Å². The number of rotatable bonds is 4. The predicted molar refractivity (Wildman–Crippen MR) is 125 cm³/mol. The number of thiocarbonyl (C=S) groups is 1. The number of phenolic OH excluding ortho intramolecular Hbond substituents is 1. The summed E-state index contributed by atoms with van der Waals surface area (Å²) in [6.07, 6.45) is 5.33. The maximum Gasteiger partial charge on any atom is 0.174 e. The molecule has 0 radical (unpaired) electrons. The van der Waals surface area contributed by atoms with E-state index in [0.717, 1.165) is 17.2 Å². The molecule has 6 nitrogen and oxygen atoms in total. The van der Waals surface area contributed by atoms with E-state index in [1.165, 1.54) is 0 Å². The Balaban J connectivity index is 1.68. The lowest BCUT2D eigenvalue weighted by atomic mass is 10.0. The zero-order valence-corrected chi connectivity index (χ0v) is 17.8. The fourth-order valence-corrected chi connectivity index (χ4v) is 4.39. The SMILES string of the molecule is Oc1ccccc1N1C(=S)N[C@@H](c2ccccn2)[C@@H]1c1cccn1-c1ccc(Cl)cn1. The van der Waals surface area contributed by atoms with Gasteiger partial charge in [-0.15, -0.1) is 0 Å². The van der Waals surface area contributed by atoms with Gasteiger partial charge in [-0.3, -0.25) is 4.98 Å². The van der Waals surface area contributed by atoms with Crippen molar-refractivity contribution in [3.8, 4) is 11.6 Å². The number of benzene rings is 1. The van der Waals surface area contributed by atoms with Crippen LogP contribution in [0.4, 0.5) is 5.69 Å². The van der Waals surface area contributed by atoms with Crippen LogP contribution in [-0.4, -0.2) is 24.8 Å². The maximum absolute atomic E-state index is 10.6. The van der Waals surface area contributed by atoms with E-state index in [-0.39, 0.29) is 17.8 Å². The van der Waals surface area contributed by atoms with Crippen LogP contribution < -0.4 is 10.2 Å². The van der Waals surface area contributed by atoms with Crippen LogP contribution in [0, 0.1) is 0 Å². The van der Waals surface area contributed by atoms with Crippen molar-refractivity contribution in [2.24, 2.45) is 0 Å². The maximum atomic E-state index is 10.6. The van der Waals surface area contributed by atoms with E-state index in [1.807, 2.05) is 70.3 Å². The predicted octanol–water partition coefficient (Wildman–Crippen LogP) is 4.80. The number of nitrogens with zero attached hydrogens (tertiary/aromatic N) is 4. The van der Waals surface area contributed by atoms with Crippen molar-refractivity contribution in [2.45, 2.75) is 12.1 Å². The molecular weight excluding hydrogens is 430 g/mol. The lowest BCUT2D eigenvalue weighted by molar-refractivity contribution is 0.472. The molecule has 1 saturated heterocycles. The third-order valence-corrected chi connectivity index (χ3v) is 5.82. The number of aromatic hydroxyl groups is 1. The van der Waals surface area contributed by atoms with Gasteiger partial charge in [0.05, 0.1) is 22.4 Å². The Hall–Kier alpha value is -3.42. The van der Waals surface area contributed by atoms with Gasteiger partial charge in [0, 0.05) is 24.3 Å². The number of phenols is 1. The highest BCUT2D eigenvalue weighted by molar-refractivity contribution is 7.80. The molecule has 1 fully saturated rings. The zero-order chi connectivity index (χ0) is 21.4. The number of nitrogens with one attached hydrogen (secondary N) is 1. The van der Waals surface area contributed by atoms with Crippen LogP contribution in [0.5, 0.6) is 5.75 Å². The van der Waals surface area contributed by atoms with Gasteiger partial charge in [0.15, 0.2) is 5.11 Å². The van der Waals surface area contributed by atoms with E-state index >= 15 is 0 Å². The molecule has 0 aliphatic carbocycles. The van der Waals surface area contributed by atoms with Gasteiger partial charge in [-0.25, -0.2) is 4.98 Å². The highest BCUT2D eigenvalue weighted by Gasteiger charge is 2.43. The molecule has 1 aliphatic rings. The highest BCUT2D eigenvalue weighted by Crippen LogP contribution is 2.44. The summed E-state index contributed by atoms with van der Waals surface area (Å²) in [5.74, 6) is 0.889. The largest absolute Gasteiger partial charge is 0.506 e. The zero-order valence-electron chi connectivity index (χ0n) is 16.3. The first kappa shape index (κ1) is 19.5. The van der Waals surface area contributed by atoms with Gasteiger partial charge in [-0.05, 0) is 60.7 Å². The van der Waals surface area contributed by atoms with Crippen LogP contribution >= 0.6 is 23.8 Å². The summed E-state index contributed by atoms with van der Waals surface area (Å²) in [5, 5.41) is 15.1. The molecule has 8 heteroatoms. The summed E-state index contributed by atoms with van der Waals surface area (Å²) >= 11 is 11.8. The van der Waals surface area contributed by atoms with Crippen molar-refractivity contribution in [1.82, 2.24) is 19.9 Å². The second-order valence-electron chi connectivity index (χ2n) is 7.12. The summed E-state index contributed by atoms with van der Waals surface area (Å²) in [7, 11) is 0. The van der Waals surface area contributed by atoms with Crippen molar-refractivity contribution in [3.05, 3.63) is 102 Å². The number of hydrogen-bond acceptors (Lipinski definition) is 4. The number of aromatic nitrogens is 3. The minimum Gasteiger partial charge on any atom is -0.506 e. The molecule has 2 atom stereocenters. The smallest absolute Gasteiger partial charge is 0.174 e. The fraction of sp³-hybridized carbons (Fsp3) is 0.0870. The third kappa shape index (κ3) is 3.52. The molecule has 1 aliphatic heterocycles. The van der Waals surface area contributed by atoms with E-state index in [2.05, 4.69) is 15.3 Å². The number of halogens is 1. The Labute approximate surface area is 189 Å². The van der Waals surface area contributed by atoms with Gasteiger partial charge in [-0.2, -0.15) is 0 Å². The van der Waals surface area contributed by atoms with Crippen LogP contribution in [0.25, 0.3) is 5.82 Å². The third-order valence-electron chi connectivity index (χ3n) is 5.28. The van der Waals surface area contributed by atoms with Crippen molar-refractivity contribution in [3.63, 3.8) is 0 Å². The van der Waals surface area contributed by atoms with Crippen molar-refractivity contribution in [1.29, 1.82) is 0 Å². The van der Waals surface area contributed by atoms with Gasteiger partial charge in [0.1, 0.15) is 17.6 Å². The first-order valence-corrected chi connectivity index (χ1v) is 10.5. The topological polar surface area (TPSA) is 66.2 Å². The van der Waals surface area contributed by atoms with Crippen LogP contribution in [0.15, 0.2) is 85.3 Å². The highest BCUT2D eigenvalue weighted by atomic mass is 35.5. The minimum absolute atomic E-state index is 0.154. The lowest BCUT2D eigenvalue weighted by Gasteiger charge is -2.29.